The highest BCUT2D eigenvalue weighted by Gasteiger charge is 2.22. The minimum absolute atomic E-state index is 0.0669. The monoisotopic (exact) mass is 2270 g/mol. The number of ether oxygens (including phenoxy) is 1. The van der Waals surface area contributed by atoms with E-state index in [0.717, 1.165) is 142 Å². The van der Waals surface area contributed by atoms with E-state index < -0.39 is 14.9 Å². The molecule has 0 aliphatic heterocycles. The third kappa shape index (κ3) is 24.2. The molecule has 0 spiro atoms. The van der Waals surface area contributed by atoms with Gasteiger partial charge >= 0.3 is 0 Å². The van der Waals surface area contributed by atoms with E-state index in [1.54, 1.807) is 98.6 Å². The number of aromatic nitrogens is 10. The number of nitrogens with zero attached hydrogens (tertiary/aromatic N) is 10. The zero-order valence-electron chi connectivity index (χ0n) is 77.8. The van der Waals surface area contributed by atoms with Crippen LogP contribution >= 0.6 is 79.6 Å². The summed E-state index contributed by atoms with van der Waals surface area (Å²) in [5, 5.41) is 30.0. The van der Waals surface area contributed by atoms with Crippen LogP contribution in [0.4, 0.5) is 49.1 Å². The number of non-ortho nitro benzene ring substituents is 2. The molecule has 0 aliphatic carbocycles. The second-order valence-electron chi connectivity index (χ2n) is 34.1. The average molecular weight is 2280 g/mol. The van der Waals surface area contributed by atoms with Crippen molar-refractivity contribution in [2.24, 2.45) is 14.1 Å². The number of pyridine rings is 2. The molecule has 144 heavy (non-hydrogen) atoms. The number of aryl methyl sites for hydroxylation is 4. The van der Waals surface area contributed by atoms with Crippen LogP contribution in [-0.2, 0) is 62.2 Å². The van der Waals surface area contributed by atoms with Crippen LogP contribution in [0.1, 0.15) is 44.5 Å². The summed E-state index contributed by atoms with van der Waals surface area (Å²) >= 11 is 16.6. The van der Waals surface area contributed by atoms with Crippen molar-refractivity contribution in [2.45, 2.75) is 51.9 Å². The molecule has 0 saturated carbocycles. The van der Waals surface area contributed by atoms with Crippen molar-refractivity contribution in [3.05, 3.63) is 457 Å². The third-order valence-corrected chi connectivity index (χ3v) is 27.1. The second-order valence-corrected chi connectivity index (χ2v) is 40.1. The van der Waals surface area contributed by atoms with Crippen molar-refractivity contribution >= 4 is 200 Å². The van der Waals surface area contributed by atoms with Gasteiger partial charge in [-0.2, -0.15) is 0 Å². The van der Waals surface area contributed by atoms with Crippen LogP contribution in [0.15, 0.2) is 352 Å². The summed E-state index contributed by atoms with van der Waals surface area (Å²) in [4.78, 5) is 43.2. The zero-order chi connectivity index (χ0) is 102. The number of methoxy groups -OCH3 is 1. The predicted octanol–water partition coefficient (Wildman–Crippen LogP) is 28.9. The number of nitro groups is 2. The fourth-order valence-electron chi connectivity index (χ4n) is 17.3. The highest BCUT2D eigenvalue weighted by Crippen LogP contribution is 2.41. The molecule has 0 bridgehead atoms. The molecule has 0 radical (unpaired) electrons. The summed E-state index contributed by atoms with van der Waals surface area (Å²) in [7, 11) is 2.19. The molecule has 22 nitrogen and oxygen atoms in total. The van der Waals surface area contributed by atoms with Crippen molar-refractivity contribution in [3.8, 4) is 28.1 Å². The van der Waals surface area contributed by atoms with Crippen molar-refractivity contribution in [1.82, 2.24) is 46.9 Å². The maximum atomic E-state index is 13.3. The number of fused-ring (bicyclic) bond motifs is 8. The molecule has 0 amide bonds. The fourth-order valence-corrected chi connectivity index (χ4v) is 20.0. The summed E-state index contributed by atoms with van der Waals surface area (Å²) in [5.41, 5.74) is 27.7. The smallest absolute Gasteiger partial charge is 0.279 e. The number of nitrogens with two attached hydrogens (primary N) is 1. The van der Waals surface area contributed by atoms with E-state index in [-0.39, 0.29) is 56.8 Å². The summed E-state index contributed by atoms with van der Waals surface area (Å²) in [5.74, 6) is -0.764. The third-order valence-electron chi connectivity index (χ3n) is 24.0. The van der Waals surface area contributed by atoms with Crippen molar-refractivity contribution in [3.63, 3.8) is 0 Å². The van der Waals surface area contributed by atoms with E-state index in [9.17, 15) is 59.8 Å². The molecular weight excluding hydrogens is 2190 g/mol. The van der Waals surface area contributed by atoms with Gasteiger partial charge in [-0.3, -0.25) is 29.7 Å². The predicted molar refractivity (Wildman–Crippen MR) is 580 cm³/mol. The SMILES string of the molecule is COc1nccc2c(-c3cc(C)c4ccn(Cc5ccc(F)cc5)c4c3)cn(C)c12.CS(=O)(=O)Nc1cc(Br)cc2c1ccn2Cc1ccc(F)cc1.Cc1cc(-c2cn(C)c3c(=O)[nH]ccc23)cc2c1ccn2Cc1ccc(F)cc1.Fc1ccc(CBr)cc1.Nc1cc(Br)cc2c1ccn2Cc1ccc(F)cc1.O=[N+]([O-])c1cc(Br)cc2[nH]ccc12.O=[N+]([O-])c1cc(Br)cc2c1ccn2Cc1ccc(F)cc1. The molecule has 730 valence electrons. The Morgan fingerprint density at radius 2 is 0.750 bits per heavy atom. The zero-order valence-corrected chi connectivity index (χ0v) is 86.5. The van der Waals surface area contributed by atoms with Crippen LogP contribution in [0.3, 0.4) is 0 Å². The quantitative estimate of drug-likeness (QED) is 0.0207. The van der Waals surface area contributed by atoms with Gasteiger partial charge in [0.15, 0.2) is 0 Å². The first-order valence-corrected chi connectivity index (χ1v) is 50.8. The van der Waals surface area contributed by atoms with Gasteiger partial charge in [0.05, 0.1) is 61.7 Å². The number of H-pyrrole nitrogens is 2. The lowest BCUT2D eigenvalue weighted by Gasteiger charge is -2.09. The van der Waals surface area contributed by atoms with Gasteiger partial charge in [-0.25, -0.2) is 39.7 Å². The lowest BCUT2D eigenvalue weighted by molar-refractivity contribution is -0.383. The number of nitro benzene ring substituents is 2. The molecule has 12 aromatic carbocycles. The van der Waals surface area contributed by atoms with E-state index in [4.69, 9.17) is 10.5 Å². The normalized spacial score (nSPS) is 11.2. The Labute approximate surface area is 863 Å². The van der Waals surface area contributed by atoms with Gasteiger partial charge in [-0.05, 0) is 239 Å². The van der Waals surface area contributed by atoms with Gasteiger partial charge < -0.3 is 52.4 Å². The number of nitrogens with one attached hydrogen (secondary N) is 3. The lowest BCUT2D eigenvalue weighted by Crippen LogP contribution is -2.09. The topological polar surface area (TPSA) is 264 Å². The summed E-state index contributed by atoms with van der Waals surface area (Å²) in [6.45, 7) is 7.39. The summed E-state index contributed by atoms with van der Waals surface area (Å²) in [6.07, 6.45) is 20.3. The maximum Gasteiger partial charge on any atom is 0.279 e. The summed E-state index contributed by atoms with van der Waals surface area (Å²) in [6, 6.07) is 77.3. The molecule has 5 N–H and O–H groups in total. The lowest BCUT2D eigenvalue weighted by atomic mass is 10.0. The minimum atomic E-state index is -3.36. The van der Waals surface area contributed by atoms with Crippen LogP contribution in [0.25, 0.3) is 109 Å². The van der Waals surface area contributed by atoms with Crippen LogP contribution in [0.2, 0.25) is 0 Å². The first-order chi connectivity index (χ1) is 69.0. The largest absolute Gasteiger partial charge is 0.479 e. The number of alkyl halides is 1. The molecule has 0 fully saturated rings. The Bertz CT molecular complexity index is 8690. The van der Waals surface area contributed by atoms with Gasteiger partial charge in [0.1, 0.15) is 45.9 Å². The molecule has 22 rings (SSSR count). The Morgan fingerprint density at radius 3 is 1.17 bits per heavy atom. The molecule has 10 aromatic heterocycles. The standard InChI is InChI=1S/C25H22FN3O.C24H20FN3O.C16H14BrFN2O2S.C15H10BrFN2O2.C15H12BrFN2.C8H5BrN2O2.C7H6BrF/c1-16-12-18(22-15-28(2)24-21(22)8-10-27-25(24)30-3)13-23-20(16)9-11-29(23)14-17-4-6-19(26)7-5-17;1-15-11-17(21-14-27(2)23-20(21)7-9-26-24(23)29)12-22-19(15)8-10-28(22)13-16-3-5-18(25)6-4-16;1-23(21,22)19-15-8-12(17)9-16-14(15)6-7-20(16)10-11-2-4-13(18)5-3-11;16-11-7-14-13(15(8-11)19(20)21)5-6-18(14)9-10-1-3-12(17)4-2-10;16-11-7-14(18)13-5-6-19(15(13)8-11)9-10-1-3-12(17)4-2-10;9-5-3-7-6(1-2-10-7)8(4-5)11(12)13;8-5-6-1-3-7(9)4-2-6/h4-13,15H,14H2,1-3H3;3-12,14H,13H2,1-2H3,(H,26,29);2-9,19H,10H2,1H3;1-8H,9H2;1-8H,9,18H2;1-4,10H;1-4H,5H2. The van der Waals surface area contributed by atoms with E-state index in [1.807, 2.05) is 125 Å². The van der Waals surface area contributed by atoms with Gasteiger partial charge in [0.25, 0.3) is 16.9 Å². The second kappa shape index (κ2) is 44.8. The van der Waals surface area contributed by atoms with Gasteiger partial charge in [0.2, 0.25) is 15.9 Å². The average Bonchev–Trinajstić information content (AvgIpc) is 1.61. The van der Waals surface area contributed by atoms with Crippen molar-refractivity contribution in [1.29, 1.82) is 0 Å². The van der Waals surface area contributed by atoms with Crippen molar-refractivity contribution < 1.29 is 49.3 Å². The molecule has 0 unspecified atom stereocenters. The number of anilines is 2. The molecule has 0 saturated heterocycles. The van der Waals surface area contributed by atoms with E-state index >= 15 is 0 Å². The number of aromatic amines is 2. The first kappa shape index (κ1) is 102. The van der Waals surface area contributed by atoms with Gasteiger partial charge in [-0.1, -0.05) is 165 Å². The number of benzene rings is 12. The summed E-state index contributed by atoms with van der Waals surface area (Å²) < 4.78 is 126. The fraction of sp³-hybridized carbons (Fsp3) is 0.109. The molecule has 10 heterocycles. The number of hydrogen-bond acceptors (Lipinski definition) is 10. The highest BCUT2D eigenvalue weighted by atomic mass is 79.9. The van der Waals surface area contributed by atoms with Crippen LogP contribution in [0, 0.1) is 69.0 Å². The number of hydrogen-bond donors (Lipinski definition) is 4. The van der Waals surface area contributed by atoms with E-state index in [1.165, 1.54) is 107 Å². The Hall–Kier alpha value is -14.8. The molecule has 0 atom stereocenters. The Morgan fingerprint density at radius 1 is 0.410 bits per heavy atom. The van der Waals surface area contributed by atoms with E-state index in [2.05, 4.69) is 186 Å². The molecular formula is C110H89Br5F6N14O8S. The molecule has 22 aromatic rings. The maximum absolute atomic E-state index is 13.3. The van der Waals surface area contributed by atoms with Crippen molar-refractivity contribution in [2.75, 3.05) is 23.8 Å². The van der Waals surface area contributed by atoms with Crippen LogP contribution in [-0.4, -0.2) is 78.6 Å². The minimum Gasteiger partial charge on any atom is -0.479 e. The number of nitrogen functional groups attached to an aromatic ring is 1. The number of halogens is 11. The number of sulfonamides is 1. The van der Waals surface area contributed by atoms with Crippen LogP contribution < -0.4 is 20.8 Å². The molecule has 0 aliphatic rings. The Kier molecular flexibility index (Phi) is 31.8. The molecule has 34 heteroatoms. The number of rotatable bonds is 18. The van der Waals surface area contributed by atoms with E-state index in [0.29, 0.717) is 69.5 Å². The van der Waals surface area contributed by atoms with Gasteiger partial charge in [0, 0.05) is 204 Å². The highest BCUT2D eigenvalue weighted by molar-refractivity contribution is 9.11. The van der Waals surface area contributed by atoms with Gasteiger partial charge in [-0.15, -0.1) is 0 Å². The first-order valence-electron chi connectivity index (χ1n) is 44.6. The Balaban J connectivity index is 0.000000123. The van der Waals surface area contributed by atoms with Crippen LogP contribution in [0.5, 0.6) is 5.88 Å².